The van der Waals surface area contributed by atoms with Gasteiger partial charge in [0, 0.05) is 17.6 Å². The molecule has 0 bridgehead atoms. The highest BCUT2D eigenvalue weighted by molar-refractivity contribution is 9.09. The Hall–Kier alpha value is -0.540. The van der Waals surface area contributed by atoms with Crippen LogP contribution in [-0.2, 0) is 10.2 Å². The van der Waals surface area contributed by atoms with Crippen molar-refractivity contribution in [2.45, 2.75) is 49.5 Å². The van der Waals surface area contributed by atoms with Gasteiger partial charge in [0.05, 0.1) is 17.0 Å². The van der Waals surface area contributed by atoms with Crippen molar-refractivity contribution in [1.29, 1.82) is 0 Å². The van der Waals surface area contributed by atoms with Crippen molar-refractivity contribution in [3.05, 3.63) is 29.3 Å². The molecule has 2 heterocycles. The van der Waals surface area contributed by atoms with Gasteiger partial charge < -0.3 is 9.47 Å². The highest BCUT2D eigenvalue weighted by Gasteiger charge is 2.39. The molecule has 19 heavy (non-hydrogen) atoms. The fraction of sp³-hybridized carbons (Fsp3) is 0.625. The molecule has 1 saturated heterocycles. The third kappa shape index (κ3) is 2.21. The maximum absolute atomic E-state index is 5.95. The second-order valence-electron chi connectivity index (χ2n) is 6.56. The average Bonchev–Trinajstić information content (AvgIpc) is 2.94. The van der Waals surface area contributed by atoms with Gasteiger partial charge in [0.15, 0.2) is 0 Å². The molecule has 2 nitrogen and oxygen atoms in total. The van der Waals surface area contributed by atoms with Crippen molar-refractivity contribution in [2.24, 2.45) is 0 Å². The average molecular weight is 325 g/mol. The molecule has 1 aromatic carbocycles. The topological polar surface area (TPSA) is 18.5 Å². The van der Waals surface area contributed by atoms with E-state index in [0.29, 0.717) is 0 Å². The van der Waals surface area contributed by atoms with Crippen LogP contribution in [-0.4, -0.2) is 18.8 Å². The second-order valence-corrected chi connectivity index (χ2v) is 7.47. The number of hydrogen-bond acceptors (Lipinski definition) is 2. The predicted octanol–water partition coefficient (Wildman–Crippen LogP) is 4.36. The molecular formula is C16H21BrO2. The molecule has 0 spiro atoms. The fourth-order valence-electron chi connectivity index (χ4n) is 3.05. The highest BCUT2D eigenvalue weighted by Crippen LogP contribution is 2.46. The summed E-state index contributed by atoms with van der Waals surface area (Å²) in [6, 6.07) is 6.55. The van der Waals surface area contributed by atoms with Crippen LogP contribution in [0.4, 0.5) is 0 Å². The van der Waals surface area contributed by atoms with Crippen molar-refractivity contribution in [3.8, 4) is 5.75 Å². The minimum absolute atomic E-state index is 0.0855. The van der Waals surface area contributed by atoms with Crippen LogP contribution < -0.4 is 4.74 Å². The molecule has 0 aliphatic carbocycles. The highest BCUT2D eigenvalue weighted by atomic mass is 79.9. The number of alkyl halides is 1. The molecule has 3 heteroatoms. The molecule has 0 aromatic heterocycles. The summed E-state index contributed by atoms with van der Waals surface area (Å²) in [6.45, 7) is 8.32. The summed E-state index contributed by atoms with van der Waals surface area (Å²) in [5.74, 6) is 1.03. The molecule has 1 aromatic rings. The smallest absolute Gasteiger partial charge is 0.123 e. The van der Waals surface area contributed by atoms with E-state index in [1.165, 1.54) is 11.1 Å². The quantitative estimate of drug-likeness (QED) is 0.752. The van der Waals surface area contributed by atoms with Crippen molar-refractivity contribution in [2.75, 3.05) is 13.2 Å². The van der Waals surface area contributed by atoms with Crippen LogP contribution in [0, 0.1) is 0 Å². The van der Waals surface area contributed by atoms with Crippen LogP contribution in [0.15, 0.2) is 18.2 Å². The summed E-state index contributed by atoms with van der Waals surface area (Å²) < 4.78 is 11.7. The first kappa shape index (κ1) is 13.4. The molecule has 2 atom stereocenters. The van der Waals surface area contributed by atoms with E-state index in [1.54, 1.807) is 0 Å². The summed E-state index contributed by atoms with van der Waals surface area (Å²) in [7, 11) is 0. The van der Waals surface area contributed by atoms with Gasteiger partial charge in [-0.15, -0.1) is 0 Å². The SMILES string of the molecule is CC1(C)COc2ccc(C(Br)C3(C)CCCO3)cc21. The number of fused-ring (bicyclic) bond motifs is 1. The van der Waals surface area contributed by atoms with Gasteiger partial charge in [0.25, 0.3) is 0 Å². The molecule has 1 fully saturated rings. The van der Waals surface area contributed by atoms with Gasteiger partial charge in [-0.05, 0) is 31.4 Å². The Morgan fingerprint density at radius 1 is 1.26 bits per heavy atom. The first-order valence-corrected chi connectivity index (χ1v) is 7.89. The largest absolute Gasteiger partial charge is 0.492 e. The zero-order chi connectivity index (χ0) is 13.7. The fourth-order valence-corrected chi connectivity index (χ4v) is 3.69. The van der Waals surface area contributed by atoms with Gasteiger partial charge in [-0.25, -0.2) is 0 Å². The summed E-state index contributed by atoms with van der Waals surface area (Å²) in [6.07, 6.45) is 2.26. The van der Waals surface area contributed by atoms with E-state index < -0.39 is 0 Å². The lowest BCUT2D eigenvalue weighted by molar-refractivity contribution is 0.0197. The van der Waals surface area contributed by atoms with Crippen LogP contribution in [0.1, 0.15) is 49.6 Å². The number of hydrogen-bond donors (Lipinski definition) is 0. The third-order valence-electron chi connectivity index (χ3n) is 4.40. The minimum atomic E-state index is -0.0855. The lowest BCUT2D eigenvalue weighted by atomic mass is 9.84. The van der Waals surface area contributed by atoms with Crippen molar-refractivity contribution in [1.82, 2.24) is 0 Å². The van der Waals surface area contributed by atoms with Crippen molar-refractivity contribution >= 4 is 15.9 Å². The molecule has 3 rings (SSSR count). The molecule has 0 N–H and O–H groups in total. The summed E-state index contributed by atoms with van der Waals surface area (Å²) in [5.41, 5.74) is 2.63. The van der Waals surface area contributed by atoms with Gasteiger partial charge >= 0.3 is 0 Å². The lowest BCUT2D eigenvalue weighted by Crippen LogP contribution is -2.28. The number of halogens is 1. The van der Waals surface area contributed by atoms with Gasteiger partial charge in [-0.2, -0.15) is 0 Å². The van der Waals surface area contributed by atoms with Gasteiger partial charge in [-0.1, -0.05) is 41.9 Å². The Morgan fingerprint density at radius 3 is 2.74 bits per heavy atom. The molecule has 2 aliphatic rings. The van der Waals surface area contributed by atoms with Crippen LogP contribution in [0.25, 0.3) is 0 Å². The molecule has 2 aliphatic heterocycles. The Balaban J connectivity index is 1.94. The van der Waals surface area contributed by atoms with E-state index in [4.69, 9.17) is 9.47 Å². The first-order valence-electron chi connectivity index (χ1n) is 6.98. The zero-order valence-corrected chi connectivity index (χ0v) is 13.4. The molecule has 104 valence electrons. The number of ether oxygens (including phenoxy) is 2. The van der Waals surface area contributed by atoms with E-state index in [0.717, 1.165) is 31.8 Å². The molecule has 0 radical (unpaired) electrons. The van der Waals surface area contributed by atoms with Crippen molar-refractivity contribution in [3.63, 3.8) is 0 Å². The lowest BCUT2D eigenvalue weighted by Gasteiger charge is -2.30. The summed E-state index contributed by atoms with van der Waals surface area (Å²) >= 11 is 3.85. The Labute approximate surface area is 123 Å². The van der Waals surface area contributed by atoms with E-state index in [-0.39, 0.29) is 15.8 Å². The number of rotatable bonds is 2. The van der Waals surface area contributed by atoms with Crippen LogP contribution in [0.3, 0.4) is 0 Å². The van der Waals surface area contributed by atoms with Crippen LogP contribution in [0.5, 0.6) is 5.75 Å². The second kappa shape index (κ2) is 4.49. The van der Waals surface area contributed by atoms with Crippen LogP contribution >= 0.6 is 15.9 Å². The standard InChI is InChI=1S/C16H21BrO2/c1-15(2)10-18-13-6-5-11(9-12(13)15)14(17)16(3)7-4-8-19-16/h5-6,9,14H,4,7-8,10H2,1-3H3. The van der Waals surface area contributed by atoms with E-state index in [9.17, 15) is 0 Å². The first-order chi connectivity index (χ1) is 8.92. The maximum Gasteiger partial charge on any atom is 0.123 e. The summed E-state index contributed by atoms with van der Waals surface area (Å²) in [5, 5.41) is 0. The predicted molar refractivity (Wildman–Crippen MR) is 80.2 cm³/mol. The van der Waals surface area contributed by atoms with E-state index in [2.05, 4.69) is 54.9 Å². The Kier molecular flexibility index (Phi) is 3.18. The Morgan fingerprint density at radius 2 is 2.05 bits per heavy atom. The Bertz CT molecular complexity index is 490. The monoisotopic (exact) mass is 324 g/mol. The number of benzene rings is 1. The van der Waals surface area contributed by atoms with E-state index in [1.807, 2.05) is 0 Å². The minimum Gasteiger partial charge on any atom is -0.492 e. The van der Waals surface area contributed by atoms with Gasteiger partial charge in [-0.3, -0.25) is 0 Å². The van der Waals surface area contributed by atoms with Crippen LogP contribution in [0.2, 0.25) is 0 Å². The molecular weight excluding hydrogens is 304 g/mol. The molecule has 0 saturated carbocycles. The van der Waals surface area contributed by atoms with Gasteiger partial charge in [0.2, 0.25) is 0 Å². The molecule has 0 amide bonds. The maximum atomic E-state index is 5.95. The van der Waals surface area contributed by atoms with E-state index >= 15 is 0 Å². The summed E-state index contributed by atoms with van der Waals surface area (Å²) in [4.78, 5) is 0.240. The normalized spacial score (nSPS) is 29.9. The van der Waals surface area contributed by atoms with Crippen molar-refractivity contribution < 1.29 is 9.47 Å². The molecule has 2 unspecified atom stereocenters. The zero-order valence-electron chi connectivity index (χ0n) is 11.8. The van der Waals surface area contributed by atoms with Gasteiger partial charge in [0.1, 0.15) is 5.75 Å². The third-order valence-corrected chi connectivity index (χ3v) is 5.90.